The molecule has 1 saturated heterocycles. The Hall–Kier alpha value is -2.77. The Labute approximate surface area is 176 Å². The van der Waals surface area contributed by atoms with Gasteiger partial charge >= 0.3 is 0 Å². The molecule has 0 saturated carbocycles. The summed E-state index contributed by atoms with van der Waals surface area (Å²) in [6.07, 6.45) is 0.804. The average molecular weight is 413 g/mol. The number of methoxy groups -OCH3 is 1. The fourth-order valence-electron chi connectivity index (χ4n) is 4.24. The molecule has 0 unspecified atom stereocenters. The fourth-order valence-corrected chi connectivity index (χ4v) is 4.24. The van der Waals surface area contributed by atoms with Crippen LogP contribution in [0.2, 0.25) is 0 Å². The summed E-state index contributed by atoms with van der Waals surface area (Å²) in [5.74, 6) is 0.585. The number of hydrogen-bond acceptors (Lipinski definition) is 3. The minimum Gasteiger partial charge on any atom is -0.496 e. The van der Waals surface area contributed by atoms with Gasteiger partial charge in [-0.1, -0.05) is 30.3 Å². The number of benzene rings is 2. The number of quaternary nitrogens is 2. The molecule has 0 bridgehead atoms. The van der Waals surface area contributed by atoms with Crippen LogP contribution in [0.5, 0.6) is 5.75 Å². The number of halogens is 1. The van der Waals surface area contributed by atoms with Gasteiger partial charge in [0.1, 0.15) is 44.3 Å². The molecule has 1 amide bonds. The first-order valence-corrected chi connectivity index (χ1v) is 10.5. The molecule has 2 N–H and O–H groups in total. The molecule has 2 aromatic carbocycles. The summed E-state index contributed by atoms with van der Waals surface area (Å²) in [5.41, 5.74) is 2.97. The molecule has 2 aliphatic rings. The Morgan fingerprint density at radius 2 is 1.83 bits per heavy atom. The maximum atomic E-state index is 13.6. The third-order valence-electron chi connectivity index (χ3n) is 5.95. The standard InChI is InChI=1S/C23H27FN4O2/c1-30-22-8-7-20(24)15-19(22)16-26-11-13-27(14-12-26)17-23(29)28-10-9-21(25-28)18-5-3-2-4-6-18/h2-8,15H,9-14,16-17H2,1H3/p+2. The highest BCUT2D eigenvalue weighted by molar-refractivity contribution is 6.02. The quantitative estimate of drug-likeness (QED) is 0.688. The van der Waals surface area contributed by atoms with Crippen LogP contribution in [0.1, 0.15) is 17.5 Å². The van der Waals surface area contributed by atoms with E-state index in [0.717, 1.165) is 61.7 Å². The number of hydrazone groups is 1. The van der Waals surface area contributed by atoms with Gasteiger partial charge in [0.15, 0.2) is 6.54 Å². The van der Waals surface area contributed by atoms with Gasteiger partial charge in [-0.3, -0.25) is 4.79 Å². The molecule has 2 aromatic rings. The van der Waals surface area contributed by atoms with Crippen molar-refractivity contribution in [2.45, 2.75) is 13.0 Å². The summed E-state index contributed by atoms with van der Waals surface area (Å²) >= 11 is 0. The van der Waals surface area contributed by atoms with Crippen LogP contribution in [0.15, 0.2) is 53.6 Å². The lowest BCUT2D eigenvalue weighted by atomic mass is 10.1. The summed E-state index contributed by atoms with van der Waals surface area (Å²) in [4.78, 5) is 15.4. The Morgan fingerprint density at radius 1 is 1.10 bits per heavy atom. The molecular formula is C23H29FN4O2+2. The van der Waals surface area contributed by atoms with Crippen molar-refractivity contribution in [3.63, 3.8) is 0 Å². The van der Waals surface area contributed by atoms with Gasteiger partial charge in [-0.2, -0.15) is 5.10 Å². The van der Waals surface area contributed by atoms with Gasteiger partial charge in [-0.25, -0.2) is 9.40 Å². The van der Waals surface area contributed by atoms with Crippen LogP contribution in [0.25, 0.3) is 0 Å². The van der Waals surface area contributed by atoms with Crippen LogP contribution < -0.4 is 14.5 Å². The van der Waals surface area contributed by atoms with E-state index < -0.39 is 0 Å². The van der Waals surface area contributed by atoms with E-state index in [0.29, 0.717) is 13.1 Å². The molecule has 158 valence electrons. The van der Waals surface area contributed by atoms with Crippen molar-refractivity contribution in [2.24, 2.45) is 5.10 Å². The number of nitrogens with one attached hydrogen (secondary N) is 2. The Morgan fingerprint density at radius 3 is 2.57 bits per heavy atom. The van der Waals surface area contributed by atoms with Gasteiger partial charge in [0.25, 0.3) is 5.91 Å². The van der Waals surface area contributed by atoms with Crippen molar-refractivity contribution in [2.75, 3.05) is 46.4 Å². The number of carbonyl (C=O) groups excluding carboxylic acids is 1. The zero-order chi connectivity index (χ0) is 20.9. The Bertz CT molecular complexity index is 911. The van der Waals surface area contributed by atoms with E-state index in [-0.39, 0.29) is 11.7 Å². The topological polar surface area (TPSA) is 50.8 Å². The number of rotatable bonds is 6. The smallest absolute Gasteiger partial charge is 0.297 e. The van der Waals surface area contributed by atoms with Gasteiger partial charge in [-0.15, -0.1) is 0 Å². The number of ether oxygens (including phenoxy) is 1. The first-order valence-electron chi connectivity index (χ1n) is 10.5. The normalized spacial score (nSPS) is 21.4. The van der Waals surface area contributed by atoms with Crippen LogP contribution in [-0.2, 0) is 11.3 Å². The Kier molecular flexibility index (Phi) is 6.40. The first-order chi connectivity index (χ1) is 14.6. The zero-order valence-electron chi connectivity index (χ0n) is 17.4. The molecule has 6 nitrogen and oxygen atoms in total. The molecule has 2 heterocycles. The van der Waals surface area contributed by atoms with E-state index in [1.807, 2.05) is 30.3 Å². The van der Waals surface area contributed by atoms with Crippen LogP contribution >= 0.6 is 0 Å². The summed E-state index contributed by atoms with van der Waals surface area (Å²) in [6, 6.07) is 14.7. The molecule has 1 fully saturated rings. The van der Waals surface area contributed by atoms with Crippen molar-refractivity contribution in [3.8, 4) is 5.75 Å². The van der Waals surface area contributed by atoms with Gasteiger partial charge in [0.05, 0.1) is 24.9 Å². The fraction of sp³-hybridized carbons (Fsp3) is 0.391. The second-order valence-corrected chi connectivity index (χ2v) is 7.99. The van der Waals surface area contributed by atoms with Crippen LogP contribution in [0.4, 0.5) is 4.39 Å². The highest BCUT2D eigenvalue weighted by Crippen LogP contribution is 2.18. The number of piperazine rings is 1. The summed E-state index contributed by atoms with van der Waals surface area (Å²) in [7, 11) is 1.61. The van der Waals surface area contributed by atoms with Crippen molar-refractivity contribution < 1.29 is 23.7 Å². The molecule has 0 radical (unpaired) electrons. The van der Waals surface area contributed by atoms with E-state index in [2.05, 4.69) is 5.10 Å². The third kappa shape index (κ3) is 4.86. The second-order valence-electron chi connectivity index (χ2n) is 7.99. The first kappa shape index (κ1) is 20.5. The van der Waals surface area contributed by atoms with E-state index in [1.165, 1.54) is 15.9 Å². The minimum atomic E-state index is -0.235. The predicted molar refractivity (Wildman–Crippen MR) is 112 cm³/mol. The number of amides is 1. The lowest BCUT2D eigenvalue weighted by Crippen LogP contribution is -3.28. The Balaban J connectivity index is 1.28. The molecule has 0 aromatic heterocycles. The third-order valence-corrected chi connectivity index (χ3v) is 5.95. The van der Waals surface area contributed by atoms with Gasteiger partial charge in [0.2, 0.25) is 0 Å². The van der Waals surface area contributed by atoms with Gasteiger partial charge in [-0.05, 0) is 23.8 Å². The maximum Gasteiger partial charge on any atom is 0.297 e. The van der Waals surface area contributed by atoms with E-state index in [4.69, 9.17) is 4.74 Å². The van der Waals surface area contributed by atoms with Gasteiger partial charge in [0, 0.05) is 6.42 Å². The molecule has 2 aliphatic heterocycles. The molecule has 4 rings (SSSR count). The van der Waals surface area contributed by atoms with E-state index in [9.17, 15) is 9.18 Å². The van der Waals surface area contributed by atoms with Crippen molar-refractivity contribution in [3.05, 3.63) is 65.5 Å². The summed E-state index contributed by atoms with van der Waals surface area (Å²) in [5, 5.41) is 6.19. The van der Waals surface area contributed by atoms with Crippen molar-refractivity contribution in [1.82, 2.24) is 5.01 Å². The lowest BCUT2D eigenvalue weighted by Gasteiger charge is -2.30. The van der Waals surface area contributed by atoms with Crippen LogP contribution in [0, 0.1) is 5.82 Å². The SMILES string of the molecule is COc1ccc(F)cc1C[NH+]1CC[NH+](CC(=O)N2CCC(c3ccccc3)=N2)CC1. The van der Waals surface area contributed by atoms with Crippen LogP contribution in [0.3, 0.4) is 0 Å². The number of carbonyl (C=O) groups is 1. The second kappa shape index (κ2) is 9.36. The highest BCUT2D eigenvalue weighted by Gasteiger charge is 2.29. The minimum absolute atomic E-state index is 0.0891. The molecule has 7 heteroatoms. The lowest BCUT2D eigenvalue weighted by molar-refractivity contribution is -1.02. The zero-order valence-corrected chi connectivity index (χ0v) is 17.4. The van der Waals surface area contributed by atoms with Crippen molar-refractivity contribution in [1.29, 1.82) is 0 Å². The van der Waals surface area contributed by atoms with Crippen LogP contribution in [-0.4, -0.2) is 63.0 Å². The van der Waals surface area contributed by atoms with E-state index in [1.54, 1.807) is 24.3 Å². The highest BCUT2D eigenvalue weighted by atomic mass is 19.1. The number of nitrogens with zero attached hydrogens (tertiary/aromatic N) is 2. The monoisotopic (exact) mass is 412 g/mol. The number of hydrogen-bond donors (Lipinski definition) is 2. The molecule has 30 heavy (non-hydrogen) atoms. The predicted octanol–water partition coefficient (Wildman–Crippen LogP) is -0.246. The largest absolute Gasteiger partial charge is 0.496 e. The molecule has 0 spiro atoms. The molecular weight excluding hydrogens is 383 g/mol. The van der Waals surface area contributed by atoms with E-state index >= 15 is 0 Å². The summed E-state index contributed by atoms with van der Waals surface area (Å²) < 4.78 is 19.0. The summed E-state index contributed by atoms with van der Waals surface area (Å²) in [6.45, 7) is 5.60. The molecule has 0 aliphatic carbocycles. The van der Waals surface area contributed by atoms with Gasteiger partial charge < -0.3 is 14.5 Å². The van der Waals surface area contributed by atoms with Crippen molar-refractivity contribution >= 4 is 11.6 Å². The average Bonchev–Trinajstić information content (AvgIpc) is 3.27. The maximum absolute atomic E-state index is 13.6. The molecule has 0 atom stereocenters.